The van der Waals surface area contributed by atoms with Crippen LogP contribution in [0.3, 0.4) is 0 Å². The summed E-state index contributed by atoms with van der Waals surface area (Å²) in [5.74, 6) is -2.08. The number of anilines is 1. The maximum atomic E-state index is 12.5. The SMILES string of the molecule is C[C@@H](C(=O)Nc1ccccc1OC(F)F)N1C(=O)c2ccccc2C1=O. The van der Waals surface area contributed by atoms with Crippen molar-refractivity contribution in [1.29, 1.82) is 0 Å². The summed E-state index contributed by atoms with van der Waals surface area (Å²) >= 11 is 0. The molecule has 1 aliphatic rings. The largest absolute Gasteiger partial charge is 0.433 e. The fraction of sp³-hybridized carbons (Fsp3) is 0.167. The molecule has 0 radical (unpaired) electrons. The molecule has 0 spiro atoms. The quantitative estimate of drug-likeness (QED) is 0.832. The van der Waals surface area contributed by atoms with Crippen molar-refractivity contribution < 1.29 is 27.9 Å². The first-order chi connectivity index (χ1) is 12.4. The Balaban J connectivity index is 1.80. The molecule has 3 amide bonds. The lowest BCUT2D eigenvalue weighted by atomic mass is 10.1. The van der Waals surface area contributed by atoms with Gasteiger partial charge in [-0.25, -0.2) is 0 Å². The lowest BCUT2D eigenvalue weighted by Gasteiger charge is -2.22. The number of nitrogens with one attached hydrogen (secondary N) is 1. The third-order valence-corrected chi connectivity index (χ3v) is 3.95. The molecule has 6 nitrogen and oxygen atoms in total. The highest BCUT2D eigenvalue weighted by atomic mass is 19.3. The second-order valence-electron chi connectivity index (χ2n) is 5.57. The molecule has 0 saturated heterocycles. The molecular weight excluding hydrogens is 346 g/mol. The van der Waals surface area contributed by atoms with Crippen LogP contribution in [0.2, 0.25) is 0 Å². The first kappa shape index (κ1) is 17.5. The van der Waals surface area contributed by atoms with Gasteiger partial charge in [0, 0.05) is 0 Å². The van der Waals surface area contributed by atoms with Crippen LogP contribution in [0.1, 0.15) is 27.6 Å². The Morgan fingerprint density at radius 1 is 1.00 bits per heavy atom. The summed E-state index contributed by atoms with van der Waals surface area (Å²) in [5.41, 5.74) is 0.457. The van der Waals surface area contributed by atoms with Crippen LogP contribution in [0.5, 0.6) is 5.75 Å². The molecule has 1 aliphatic heterocycles. The molecule has 0 aromatic heterocycles. The summed E-state index contributed by atoms with van der Waals surface area (Å²) in [6.45, 7) is -1.67. The number of carbonyl (C=O) groups excluding carboxylic acids is 3. The van der Waals surface area contributed by atoms with Crippen LogP contribution in [0.15, 0.2) is 48.5 Å². The lowest BCUT2D eigenvalue weighted by Crippen LogP contribution is -2.45. The number of carbonyl (C=O) groups is 3. The van der Waals surface area contributed by atoms with Gasteiger partial charge in [0.1, 0.15) is 11.8 Å². The van der Waals surface area contributed by atoms with Crippen molar-refractivity contribution in [3.05, 3.63) is 59.7 Å². The van der Waals surface area contributed by atoms with Crippen molar-refractivity contribution >= 4 is 23.4 Å². The summed E-state index contributed by atoms with van der Waals surface area (Å²) in [5, 5.41) is 2.42. The Kier molecular flexibility index (Phi) is 4.66. The van der Waals surface area contributed by atoms with E-state index >= 15 is 0 Å². The Morgan fingerprint density at radius 3 is 2.12 bits per heavy atom. The number of imide groups is 1. The predicted octanol–water partition coefficient (Wildman–Crippen LogP) is 2.91. The molecule has 26 heavy (non-hydrogen) atoms. The van der Waals surface area contributed by atoms with Gasteiger partial charge in [-0.3, -0.25) is 19.3 Å². The van der Waals surface area contributed by atoms with E-state index in [9.17, 15) is 23.2 Å². The van der Waals surface area contributed by atoms with E-state index in [0.29, 0.717) is 0 Å². The second-order valence-corrected chi connectivity index (χ2v) is 5.57. The van der Waals surface area contributed by atoms with Crippen molar-refractivity contribution in [3.63, 3.8) is 0 Å². The Morgan fingerprint density at radius 2 is 1.54 bits per heavy atom. The summed E-state index contributed by atoms with van der Waals surface area (Å²) < 4.78 is 29.3. The number of halogens is 2. The number of amides is 3. The maximum Gasteiger partial charge on any atom is 0.387 e. The summed E-state index contributed by atoms with van der Waals surface area (Å²) in [6.07, 6.45) is 0. The molecule has 134 valence electrons. The van der Waals surface area contributed by atoms with Gasteiger partial charge < -0.3 is 10.1 Å². The molecule has 1 atom stereocenters. The molecule has 0 unspecified atom stereocenters. The zero-order valence-corrected chi connectivity index (χ0v) is 13.6. The van der Waals surface area contributed by atoms with E-state index in [-0.39, 0.29) is 22.6 Å². The topological polar surface area (TPSA) is 75.7 Å². The van der Waals surface area contributed by atoms with Crippen molar-refractivity contribution in [2.45, 2.75) is 19.6 Å². The van der Waals surface area contributed by atoms with Gasteiger partial charge in [-0.1, -0.05) is 24.3 Å². The van der Waals surface area contributed by atoms with Crippen LogP contribution in [-0.2, 0) is 4.79 Å². The van der Waals surface area contributed by atoms with Crippen molar-refractivity contribution in [2.75, 3.05) is 5.32 Å². The lowest BCUT2D eigenvalue weighted by molar-refractivity contribution is -0.119. The van der Waals surface area contributed by atoms with Gasteiger partial charge in [0.2, 0.25) is 5.91 Å². The number of ether oxygens (including phenoxy) is 1. The van der Waals surface area contributed by atoms with Gasteiger partial charge in [0.05, 0.1) is 16.8 Å². The van der Waals surface area contributed by atoms with Crippen LogP contribution < -0.4 is 10.1 Å². The van der Waals surface area contributed by atoms with Crippen molar-refractivity contribution in [1.82, 2.24) is 4.90 Å². The van der Waals surface area contributed by atoms with Crippen LogP contribution in [0.4, 0.5) is 14.5 Å². The Hall–Kier alpha value is -3.29. The molecule has 3 rings (SSSR count). The zero-order valence-electron chi connectivity index (χ0n) is 13.6. The number of alkyl halides is 2. The van der Waals surface area contributed by atoms with Gasteiger partial charge in [-0.05, 0) is 31.2 Å². The minimum atomic E-state index is -3.05. The number of rotatable bonds is 5. The first-order valence-electron chi connectivity index (χ1n) is 7.71. The van der Waals surface area contributed by atoms with Crippen LogP contribution in [0, 0.1) is 0 Å². The van der Waals surface area contributed by atoms with Crippen molar-refractivity contribution in [3.8, 4) is 5.75 Å². The Labute approximate surface area is 147 Å². The molecule has 2 aromatic rings. The first-order valence-corrected chi connectivity index (χ1v) is 7.71. The average Bonchev–Trinajstić information content (AvgIpc) is 2.87. The van der Waals surface area contributed by atoms with E-state index in [4.69, 9.17) is 0 Å². The summed E-state index contributed by atoms with van der Waals surface area (Å²) in [7, 11) is 0. The zero-order chi connectivity index (χ0) is 18.8. The number of para-hydroxylation sites is 2. The van der Waals surface area contributed by atoms with E-state index < -0.39 is 30.4 Å². The molecular formula is C18H14F2N2O4. The summed E-state index contributed by atoms with van der Waals surface area (Å²) in [4.78, 5) is 38.2. The van der Waals surface area contributed by atoms with Gasteiger partial charge in [0.25, 0.3) is 11.8 Å². The van der Waals surface area contributed by atoms with E-state index in [1.54, 1.807) is 12.1 Å². The number of benzene rings is 2. The van der Waals surface area contributed by atoms with Gasteiger partial charge >= 0.3 is 6.61 Å². The standard InChI is InChI=1S/C18H14F2N2O4/c1-10(22-16(24)11-6-2-3-7-12(11)17(22)25)15(23)21-13-8-4-5-9-14(13)26-18(19)20/h2-10,18H,1H3,(H,21,23)/t10-/m0/s1. The number of fused-ring (bicyclic) bond motifs is 1. The highest BCUT2D eigenvalue weighted by Crippen LogP contribution is 2.28. The molecule has 1 N–H and O–H groups in total. The van der Waals surface area contributed by atoms with E-state index in [2.05, 4.69) is 10.1 Å². The monoisotopic (exact) mass is 360 g/mol. The Bertz CT molecular complexity index is 850. The van der Waals surface area contributed by atoms with Crippen LogP contribution in [-0.4, -0.2) is 35.3 Å². The highest BCUT2D eigenvalue weighted by Gasteiger charge is 2.40. The van der Waals surface area contributed by atoms with E-state index in [0.717, 1.165) is 4.90 Å². The fourth-order valence-corrected chi connectivity index (χ4v) is 2.68. The second kappa shape index (κ2) is 6.91. The predicted molar refractivity (Wildman–Crippen MR) is 88.1 cm³/mol. The van der Waals surface area contributed by atoms with Gasteiger partial charge in [-0.2, -0.15) is 8.78 Å². The third-order valence-electron chi connectivity index (χ3n) is 3.95. The molecule has 1 heterocycles. The minimum absolute atomic E-state index is 0.0151. The minimum Gasteiger partial charge on any atom is -0.433 e. The van der Waals surface area contributed by atoms with Crippen molar-refractivity contribution in [2.24, 2.45) is 0 Å². The number of nitrogens with zero attached hydrogens (tertiary/aromatic N) is 1. The maximum absolute atomic E-state index is 12.5. The molecule has 0 bridgehead atoms. The van der Waals surface area contributed by atoms with E-state index in [1.165, 1.54) is 43.3 Å². The third kappa shape index (κ3) is 3.13. The molecule has 8 heteroatoms. The molecule has 2 aromatic carbocycles. The van der Waals surface area contributed by atoms with Gasteiger partial charge in [-0.15, -0.1) is 0 Å². The highest BCUT2D eigenvalue weighted by molar-refractivity contribution is 6.23. The molecule has 0 saturated carbocycles. The summed E-state index contributed by atoms with van der Waals surface area (Å²) in [6, 6.07) is 10.8. The normalized spacial score (nSPS) is 14.4. The fourth-order valence-electron chi connectivity index (χ4n) is 2.68. The van der Waals surface area contributed by atoms with Crippen LogP contribution in [0.25, 0.3) is 0 Å². The average molecular weight is 360 g/mol. The van der Waals surface area contributed by atoms with E-state index in [1.807, 2.05) is 0 Å². The smallest absolute Gasteiger partial charge is 0.387 e. The molecule has 0 aliphatic carbocycles. The number of hydrogen-bond donors (Lipinski definition) is 1. The number of hydrogen-bond acceptors (Lipinski definition) is 4. The van der Waals surface area contributed by atoms with Crippen LogP contribution >= 0.6 is 0 Å². The van der Waals surface area contributed by atoms with Gasteiger partial charge in [0.15, 0.2) is 0 Å². The molecule has 0 fully saturated rings.